The van der Waals surface area contributed by atoms with Gasteiger partial charge in [0.05, 0.1) is 0 Å². The topological polar surface area (TPSA) is 9.86 Å². The second-order valence-corrected chi connectivity index (χ2v) is 15.3. The van der Waals surface area contributed by atoms with Gasteiger partial charge in [-0.25, -0.2) is 0 Å². The van der Waals surface area contributed by atoms with Gasteiger partial charge in [-0.05, 0) is 89.0 Å². The maximum Gasteiger partial charge on any atom is 0.0491 e. The summed E-state index contributed by atoms with van der Waals surface area (Å²) >= 11 is 3.82. The number of nitrogens with zero attached hydrogens (tertiary/aromatic N) is 2. The Morgan fingerprint density at radius 3 is 1.68 bits per heavy atom. The molecule has 0 aliphatic heterocycles. The highest BCUT2D eigenvalue weighted by molar-refractivity contribution is 7.23. The average Bonchev–Trinajstić information content (AvgIpc) is 3.86. The Balaban J connectivity index is 1.04. The summed E-state index contributed by atoms with van der Waals surface area (Å²) in [5, 5.41) is 8.05. The summed E-state index contributed by atoms with van der Waals surface area (Å²) in [6, 6.07) is 41.4. The van der Waals surface area contributed by atoms with Crippen LogP contribution in [0.2, 0.25) is 0 Å². The number of fused-ring (bicyclic) bond motifs is 8. The third-order valence-corrected chi connectivity index (χ3v) is 12.4. The monoisotopic (exact) mass is 646 g/mol. The van der Waals surface area contributed by atoms with E-state index in [0.29, 0.717) is 0 Å². The molecule has 9 aromatic rings. The first-order chi connectivity index (χ1) is 23.2. The number of unbranched alkanes of at least 4 members (excludes halogenated alkanes) is 5. The minimum absolute atomic E-state index is 1.09. The van der Waals surface area contributed by atoms with Gasteiger partial charge in [0, 0.05) is 76.4 Å². The van der Waals surface area contributed by atoms with Crippen LogP contribution in [0.25, 0.3) is 84.7 Å². The van der Waals surface area contributed by atoms with Crippen molar-refractivity contribution in [3.05, 3.63) is 109 Å². The molecule has 0 atom stereocenters. The van der Waals surface area contributed by atoms with Crippen LogP contribution >= 0.6 is 22.7 Å². The summed E-state index contributed by atoms with van der Waals surface area (Å²) in [6.07, 6.45) is 7.93. The molecule has 0 bridgehead atoms. The Labute approximate surface area is 283 Å². The lowest BCUT2D eigenvalue weighted by Crippen LogP contribution is -1.97. The van der Waals surface area contributed by atoms with E-state index in [9.17, 15) is 0 Å². The van der Waals surface area contributed by atoms with Gasteiger partial charge in [-0.1, -0.05) is 87.6 Å². The van der Waals surface area contributed by atoms with E-state index in [0.717, 1.165) is 6.54 Å². The predicted octanol–water partition coefficient (Wildman–Crippen LogP) is 13.6. The van der Waals surface area contributed by atoms with Crippen LogP contribution < -0.4 is 0 Å². The molecular formula is C43H38N2S2. The average molecular weight is 647 g/mol. The molecule has 5 aromatic carbocycles. The lowest BCUT2D eigenvalue weighted by Gasteiger charge is -2.08. The number of aromatic nitrogens is 2. The van der Waals surface area contributed by atoms with Crippen molar-refractivity contribution in [3.63, 3.8) is 0 Å². The smallest absolute Gasteiger partial charge is 0.0491 e. The van der Waals surface area contributed by atoms with E-state index in [2.05, 4.69) is 132 Å². The van der Waals surface area contributed by atoms with Gasteiger partial charge in [0.2, 0.25) is 0 Å². The van der Waals surface area contributed by atoms with E-state index in [1.54, 1.807) is 0 Å². The SMILES string of the molecule is CCCCCCCCn1c2ccccc2c2cc(-c3cc4cc5sc(-c6ccc7c(c6)c6ccccc6n7C)cc5cc4s3)ccc21. The van der Waals surface area contributed by atoms with Gasteiger partial charge in [0.15, 0.2) is 0 Å². The number of benzene rings is 5. The largest absolute Gasteiger partial charge is 0.344 e. The van der Waals surface area contributed by atoms with Crippen molar-refractivity contribution in [2.75, 3.05) is 0 Å². The lowest BCUT2D eigenvalue weighted by molar-refractivity contribution is 0.571. The van der Waals surface area contributed by atoms with Crippen LogP contribution in [0, 0.1) is 0 Å². The zero-order valence-electron chi connectivity index (χ0n) is 27.1. The summed E-state index contributed by atoms with van der Waals surface area (Å²) in [7, 11) is 2.17. The molecule has 0 unspecified atom stereocenters. The highest BCUT2D eigenvalue weighted by Crippen LogP contribution is 2.42. The van der Waals surface area contributed by atoms with Crippen molar-refractivity contribution >= 4 is 86.5 Å². The molecule has 0 aliphatic rings. The van der Waals surface area contributed by atoms with E-state index in [1.807, 2.05) is 22.7 Å². The van der Waals surface area contributed by atoms with Crippen LogP contribution in [-0.4, -0.2) is 9.13 Å². The number of rotatable bonds is 9. The van der Waals surface area contributed by atoms with Crippen LogP contribution in [0.5, 0.6) is 0 Å². The molecule has 9 rings (SSSR count). The third kappa shape index (κ3) is 4.89. The summed E-state index contributed by atoms with van der Waals surface area (Å²) in [5.41, 5.74) is 7.89. The summed E-state index contributed by atoms with van der Waals surface area (Å²) in [4.78, 5) is 2.67. The number of hydrogen-bond donors (Lipinski definition) is 0. The lowest BCUT2D eigenvalue weighted by atomic mass is 10.1. The zero-order chi connectivity index (χ0) is 31.5. The molecule has 47 heavy (non-hydrogen) atoms. The van der Waals surface area contributed by atoms with Crippen LogP contribution in [-0.2, 0) is 13.6 Å². The fourth-order valence-corrected chi connectivity index (χ4v) is 9.85. The van der Waals surface area contributed by atoms with E-state index in [1.165, 1.54) is 123 Å². The molecule has 4 heteroatoms. The zero-order valence-corrected chi connectivity index (χ0v) is 28.7. The second kappa shape index (κ2) is 11.7. The van der Waals surface area contributed by atoms with Gasteiger partial charge in [-0.3, -0.25) is 0 Å². The molecule has 0 aliphatic carbocycles. The quantitative estimate of drug-likeness (QED) is 0.138. The van der Waals surface area contributed by atoms with E-state index < -0.39 is 0 Å². The minimum Gasteiger partial charge on any atom is -0.344 e. The molecule has 0 amide bonds. The normalized spacial score (nSPS) is 12.2. The Hall–Kier alpha value is -4.38. The van der Waals surface area contributed by atoms with Crippen LogP contribution in [0.15, 0.2) is 109 Å². The van der Waals surface area contributed by atoms with Gasteiger partial charge in [-0.15, -0.1) is 22.7 Å². The number of thiophene rings is 2. The van der Waals surface area contributed by atoms with Crippen molar-refractivity contribution in [3.8, 4) is 20.9 Å². The van der Waals surface area contributed by atoms with Gasteiger partial charge in [-0.2, -0.15) is 0 Å². The molecule has 4 aromatic heterocycles. The predicted molar refractivity (Wildman–Crippen MR) is 208 cm³/mol. The Bertz CT molecular complexity index is 2540. The van der Waals surface area contributed by atoms with Gasteiger partial charge in [0.25, 0.3) is 0 Å². The van der Waals surface area contributed by atoms with Gasteiger partial charge in [0.1, 0.15) is 0 Å². The Kier molecular flexibility index (Phi) is 7.17. The molecule has 4 heterocycles. The van der Waals surface area contributed by atoms with E-state index in [4.69, 9.17) is 0 Å². The first-order valence-corrected chi connectivity index (χ1v) is 18.8. The maximum atomic E-state index is 2.56. The number of aryl methyl sites for hydroxylation is 2. The second-order valence-electron chi connectivity index (χ2n) is 13.1. The molecule has 0 saturated carbocycles. The number of para-hydroxylation sites is 2. The summed E-state index contributed by atoms with van der Waals surface area (Å²) < 4.78 is 7.57. The minimum atomic E-state index is 1.09. The van der Waals surface area contributed by atoms with Crippen molar-refractivity contribution in [2.24, 2.45) is 7.05 Å². The fourth-order valence-electron chi connectivity index (χ4n) is 7.68. The number of hydrogen-bond acceptors (Lipinski definition) is 2. The van der Waals surface area contributed by atoms with Gasteiger partial charge >= 0.3 is 0 Å². The molecule has 232 valence electrons. The third-order valence-electron chi connectivity index (χ3n) is 10.1. The Morgan fingerprint density at radius 2 is 1.00 bits per heavy atom. The van der Waals surface area contributed by atoms with Crippen molar-refractivity contribution < 1.29 is 0 Å². The molecule has 0 spiro atoms. The molecule has 0 N–H and O–H groups in total. The fraction of sp³-hybridized carbons (Fsp3) is 0.209. The highest BCUT2D eigenvalue weighted by atomic mass is 32.1. The first kappa shape index (κ1) is 28.8. The van der Waals surface area contributed by atoms with Crippen molar-refractivity contribution in [1.82, 2.24) is 9.13 Å². The molecule has 0 radical (unpaired) electrons. The maximum absolute atomic E-state index is 2.56. The highest BCUT2D eigenvalue weighted by Gasteiger charge is 2.15. The van der Waals surface area contributed by atoms with Crippen LogP contribution in [0.4, 0.5) is 0 Å². The van der Waals surface area contributed by atoms with Crippen LogP contribution in [0.1, 0.15) is 45.4 Å². The summed E-state index contributed by atoms with van der Waals surface area (Å²) in [5.74, 6) is 0. The first-order valence-electron chi connectivity index (χ1n) is 17.1. The molecule has 2 nitrogen and oxygen atoms in total. The van der Waals surface area contributed by atoms with E-state index in [-0.39, 0.29) is 0 Å². The molecule has 0 fully saturated rings. The summed E-state index contributed by atoms with van der Waals surface area (Å²) in [6.45, 7) is 3.38. The van der Waals surface area contributed by atoms with Crippen molar-refractivity contribution in [1.29, 1.82) is 0 Å². The van der Waals surface area contributed by atoms with E-state index >= 15 is 0 Å². The van der Waals surface area contributed by atoms with Crippen molar-refractivity contribution in [2.45, 2.75) is 52.0 Å². The molecular weight excluding hydrogens is 609 g/mol. The van der Waals surface area contributed by atoms with Gasteiger partial charge < -0.3 is 9.13 Å². The standard InChI is InChI=1S/C43H38N2S2/c1-3-4-5-6-7-12-21-45-38-16-11-9-14-33(38)35-23-29(18-20-39(35)45)41-25-31-27-42-30(26-43(31)47-41)24-40(46-42)28-17-19-37-34(22-28)32-13-8-10-15-36(32)44(37)2/h8-11,13-20,22-27H,3-7,12,21H2,1-2H3. The Morgan fingerprint density at radius 1 is 0.489 bits per heavy atom. The molecule has 0 saturated heterocycles. The van der Waals surface area contributed by atoms with Crippen LogP contribution in [0.3, 0.4) is 0 Å².